The van der Waals surface area contributed by atoms with Crippen molar-refractivity contribution in [2.24, 2.45) is 5.92 Å². The van der Waals surface area contributed by atoms with E-state index in [1.807, 2.05) is 24.3 Å². The summed E-state index contributed by atoms with van der Waals surface area (Å²) in [7, 11) is 0. The predicted molar refractivity (Wildman–Crippen MR) is 58.3 cm³/mol. The molecule has 0 atom stereocenters. The third kappa shape index (κ3) is 2.80. The van der Waals surface area contributed by atoms with Crippen molar-refractivity contribution in [3.05, 3.63) is 29.8 Å². The maximum Gasteiger partial charge on any atom is 0.224 e. The molecule has 0 spiro atoms. The van der Waals surface area contributed by atoms with Gasteiger partial charge in [-0.15, -0.1) is 0 Å². The van der Waals surface area contributed by atoms with Gasteiger partial charge < -0.3 is 10.4 Å². The first-order valence-electron chi connectivity index (χ1n) is 5.28. The van der Waals surface area contributed by atoms with Gasteiger partial charge in [0.15, 0.2) is 0 Å². The molecular weight excluding hydrogens is 190 g/mol. The lowest BCUT2D eigenvalue weighted by Gasteiger charge is -2.08. The topological polar surface area (TPSA) is 49.3 Å². The van der Waals surface area contributed by atoms with Gasteiger partial charge in [0.2, 0.25) is 5.91 Å². The molecule has 80 valence electrons. The molecule has 0 unspecified atom stereocenters. The molecular formula is C12H15NO2. The Morgan fingerprint density at radius 3 is 2.80 bits per heavy atom. The second-order valence-corrected chi connectivity index (χ2v) is 4.01. The molecule has 2 rings (SSSR count). The maximum absolute atomic E-state index is 11.5. The third-order valence-corrected chi connectivity index (χ3v) is 2.63. The summed E-state index contributed by atoms with van der Waals surface area (Å²) in [5, 5.41) is 11.9. The number of aliphatic hydroxyl groups excluding tert-OH is 1. The monoisotopic (exact) mass is 205 g/mol. The van der Waals surface area contributed by atoms with E-state index in [9.17, 15) is 4.79 Å². The fraction of sp³-hybridized carbons (Fsp3) is 0.417. The average Bonchev–Trinajstić information content (AvgIpc) is 3.02. The van der Waals surface area contributed by atoms with Crippen LogP contribution in [0.4, 0.5) is 5.69 Å². The summed E-state index contributed by atoms with van der Waals surface area (Å²) in [6, 6.07) is 7.33. The molecule has 1 amide bonds. The number of para-hydroxylation sites is 1. The number of carbonyl (C=O) groups is 1. The van der Waals surface area contributed by atoms with E-state index in [0.717, 1.165) is 11.3 Å². The molecule has 3 nitrogen and oxygen atoms in total. The fourth-order valence-electron chi connectivity index (χ4n) is 1.57. The Bertz CT molecular complexity index is 358. The summed E-state index contributed by atoms with van der Waals surface area (Å²) in [4.78, 5) is 11.5. The van der Waals surface area contributed by atoms with E-state index in [0.29, 0.717) is 12.3 Å². The SMILES string of the molecule is O=C(CC1CC1)Nc1ccccc1CO. The van der Waals surface area contributed by atoms with Crippen LogP contribution in [0.25, 0.3) is 0 Å². The molecule has 15 heavy (non-hydrogen) atoms. The number of hydrogen-bond acceptors (Lipinski definition) is 2. The first kappa shape index (κ1) is 10.2. The Balaban J connectivity index is 1.98. The molecule has 1 saturated carbocycles. The highest BCUT2D eigenvalue weighted by molar-refractivity contribution is 5.91. The van der Waals surface area contributed by atoms with Crippen LogP contribution < -0.4 is 5.32 Å². The minimum absolute atomic E-state index is 0.0418. The highest BCUT2D eigenvalue weighted by Crippen LogP contribution is 2.32. The van der Waals surface area contributed by atoms with Crippen molar-refractivity contribution in [1.82, 2.24) is 0 Å². The van der Waals surface area contributed by atoms with Crippen LogP contribution in [-0.4, -0.2) is 11.0 Å². The Kier molecular flexibility index (Phi) is 3.02. The van der Waals surface area contributed by atoms with Crippen molar-refractivity contribution in [2.45, 2.75) is 25.9 Å². The minimum Gasteiger partial charge on any atom is -0.392 e. The van der Waals surface area contributed by atoms with Gasteiger partial charge in [0.25, 0.3) is 0 Å². The highest BCUT2D eigenvalue weighted by atomic mass is 16.3. The summed E-state index contributed by atoms with van der Waals surface area (Å²) in [5.41, 5.74) is 1.49. The number of carbonyl (C=O) groups excluding carboxylic acids is 1. The van der Waals surface area contributed by atoms with E-state index in [-0.39, 0.29) is 12.5 Å². The molecule has 0 radical (unpaired) electrons. The van der Waals surface area contributed by atoms with Crippen LogP contribution in [0.5, 0.6) is 0 Å². The molecule has 1 fully saturated rings. The summed E-state index contributed by atoms with van der Waals surface area (Å²) in [5.74, 6) is 0.643. The van der Waals surface area contributed by atoms with Gasteiger partial charge in [0, 0.05) is 17.7 Å². The van der Waals surface area contributed by atoms with E-state index in [1.165, 1.54) is 12.8 Å². The number of hydrogen-bond donors (Lipinski definition) is 2. The van der Waals surface area contributed by atoms with Gasteiger partial charge in [0.1, 0.15) is 0 Å². The molecule has 1 aliphatic rings. The lowest BCUT2D eigenvalue weighted by Crippen LogP contribution is -2.13. The van der Waals surface area contributed by atoms with Crippen molar-refractivity contribution < 1.29 is 9.90 Å². The minimum atomic E-state index is -0.0418. The zero-order valence-electron chi connectivity index (χ0n) is 8.57. The Morgan fingerprint density at radius 2 is 2.13 bits per heavy atom. The maximum atomic E-state index is 11.5. The number of anilines is 1. The van der Waals surface area contributed by atoms with E-state index in [2.05, 4.69) is 5.32 Å². The van der Waals surface area contributed by atoms with Gasteiger partial charge in [-0.1, -0.05) is 18.2 Å². The molecule has 0 bridgehead atoms. The zero-order chi connectivity index (χ0) is 10.7. The smallest absolute Gasteiger partial charge is 0.224 e. The molecule has 3 heteroatoms. The summed E-state index contributed by atoms with van der Waals surface area (Å²) in [6.45, 7) is -0.0418. The number of nitrogens with one attached hydrogen (secondary N) is 1. The number of aliphatic hydroxyl groups is 1. The second kappa shape index (κ2) is 4.45. The number of amides is 1. The van der Waals surface area contributed by atoms with Crippen LogP contribution in [0.1, 0.15) is 24.8 Å². The summed E-state index contributed by atoms with van der Waals surface area (Å²) < 4.78 is 0. The van der Waals surface area contributed by atoms with Gasteiger partial charge in [-0.05, 0) is 24.8 Å². The normalized spacial score (nSPS) is 15.0. The molecule has 0 saturated heterocycles. The van der Waals surface area contributed by atoms with E-state index < -0.39 is 0 Å². The van der Waals surface area contributed by atoms with Crippen molar-refractivity contribution in [3.8, 4) is 0 Å². The Labute approximate surface area is 89.1 Å². The second-order valence-electron chi connectivity index (χ2n) is 4.01. The van der Waals surface area contributed by atoms with E-state index in [4.69, 9.17) is 5.11 Å². The van der Waals surface area contributed by atoms with Gasteiger partial charge in [-0.2, -0.15) is 0 Å². The highest BCUT2D eigenvalue weighted by Gasteiger charge is 2.24. The first-order chi connectivity index (χ1) is 7.29. The van der Waals surface area contributed by atoms with E-state index in [1.54, 1.807) is 0 Å². The van der Waals surface area contributed by atoms with Crippen LogP contribution in [0, 0.1) is 5.92 Å². The molecule has 1 aromatic carbocycles. The lowest BCUT2D eigenvalue weighted by molar-refractivity contribution is -0.116. The number of rotatable bonds is 4. The molecule has 1 aliphatic carbocycles. The quantitative estimate of drug-likeness (QED) is 0.789. The third-order valence-electron chi connectivity index (χ3n) is 2.63. The molecule has 0 aromatic heterocycles. The van der Waals surface area contributed by atoms with Gasteiger partial charge in [0.05, 0.1) is 6.61 Å². The molecule has 0 heterocycles. The fourth-order valence-corrected chi connectivity index (χ4v) is 1.57. The van der Waals surface area contributed by atoms with Crippen molar-refractivity contribution in [2.75, 3.05) is 5.32 Å². The van der Waals surface area contributed by atoms with E-state index >= 15 is 0 Å². The average molecular weight is 205 g/mol. The first-order valence-corrected chi connectivity index (χ1v) is 5.28. The van der Waals surface area contributed by atoms with Crippen molar-refractivity contribution in [3.63, 3.8) is 0 Å². The van der Waals surface area contributed by atoms with Crippen LogP contribution in [-0.2, 0) is 11.4 Å². The molecule has 1 aromatic rings. The van der Waals surface area contributed by atoms with Gasteiger partial charge in [-0.3, -0.25) is 4.79 Å². The van der Waals surface area contributed by atoms with Crippen LogP contribution in [0.2, 0.25) is 0 Å². The Hall–Kier alpha value is -1.35. The Morgan fingerprint density at radius 1 is 1.40 bits per heavy atom. The summed E-state index contributed by atoms with van der Waals surface area (Å²) >= 11 is 0. The lowest BCUT2D eigenvalue weighted by atomic mass is 10.2. The van der Waals surface area contributed by atoms with Crippen molar-refractivity contribution >= 4 is 11.6 Å². The van der Waals surface area contributed by atoms with Crippen LogP contribution in [0.15, 0.2) is 24.3 Å². The number of benzene rings is 1. The molecule has 2 N–H and O–H groups in total. The standard InChI is InChI=1S/C12H15NO2/c14-8-10-3-1-2-4-11(10)13-12(15)7-9-5-6-9/h1-4,9,14H,5-8H2,(H,13,15). The molecule has 0 aliphatic heterocycles. The van der Waals surface area contributed by atoms with Crippen LogP contribution >= 0.6 is 0 Å². The largest absolute Gasteiger partial charge is 0.392 e. The summed E-state index contributed by atoms with van der Waals surface area (Å²) in [6.07, 6.45) is 2.96. The van der Waals surface area contributed by atoms with Gasteiger partial charge in [-0.25, -0.2) is 0 Å². The zero-order valence-corrected chi connectivity index (χ0v) is 8.57. The van der Waals surface area contributed by atoms with Gasteiger partial charge >= 0.3 is 0 Å². The van der Waals surface area contributed by atoms with Crippen molar-refractivity contribution in [1.29, 1.82) is 0 Å². The predicted octanol–water partition coefficient (Wildman–Crippen LogP) is 1.92. The van der Waals surface area contributed by atoms with Crippen LogP contribution in [0.3, 0.4) is 0 Å².